The highest BCUT2D eigenvalue weighted by atomic mass is 35.5. The fourth-order valence-corrected chi connectivity index (χ4v) is 2.86. The summed E-state index contributed by atoms with van der Waals surface area (Å²) in [5.74, 6) is -0.269. The van der Waals surface area contributed by atoms with Crippen LogP contribution in [-0.2, 0) is 4.74 Å². The van der Waals surface area contributed by atoms with Crippen LogP contribution in [0, 0.1) is 5.82 Å². The molecular weight excluding hydrogens is 279 g/mol. The van der Waals surface area contributed by atoms with E-state index in [-0.39, 0.29) is 18.0 Å². The lowest BCUT2D eigenvalue weighted by Crippen LogP contribution is -2.48. The molecule has 1 aromatic carbocycles. The van der Waals surface area contributed by atoms with Gasteiger partial charge in [0.1, 0.15) is 5.82 Å². The second kappa shape index (κ2) is 6.85. The Kier molecular flexibility index (Phi) is 5.38. The molecule has 20 heavy (non-hydrogen) atoms. The van der Waals surface area contributed by atoms with Crippen LogP contribution >= 0.6 is 11.6 Å². The summed E-state index contributed by atoms with van der Waals surface area (Å²) in [7, 11) is 1.98. The molecule has 1 aliphatic rings. The van der Waals surface area contributed by atoms with Crippen molar-refractivity contribution in [2.24, 2.45) is 0 Å². The number of nitrogens with one attached hydrogen (secondary N) is 1. The number of rotatable bonds is 4. The third-order valence-electron chi connectivity index (χ3n) is 3.63. The van der Waals surface area contributed by atoms with E-state index in [0.717, 1.165) is 6.54 Å². The monoisotopic (exact) mass is 300 g/mol. The van der Waals surface area contributed by atoms with Crippen LogP contribution in [0.2, 0.25) is 5.02 Å². The molecule has 5 heteroatoms. The first kappa shape index (κ1) is 15.7. The molecule has 0 spiro atoms. The summed E-state index contributed by atoms with van der Waals surface area (Å²) >= 11 is 6.21. The molecule has 112 valence electrons. The van der Waals surface area contributed by atoms with Crippen LogP contribution in [0.3, 0.4) is 0 Å². The highest BCUT2D eigenvalue weighted by Gasteiger charge is 2.34. The second-order valence-electron chi connectivity index (χ2n) is 5.53. The third-order valence-corrected chi connectivity index (χ3v) is 3.96. The third kappa shape index (κ3) is 3.50. The maximum atomic E-state index is 14.2. The average molecular weight is 301 g/mol. The molecule has 0 aliphatic carbocycles. The van der Waals surface area contributed by atoms with Crippen LogP contribution in [-0.4, -0.2) is 43.8 Å². The van der Waals surface area contributed by atoms with Crippen molar-refractivity contribution >= 4 is 11.6 Å². The molecule has 3 nitrogen and oxygen atoms in total. The van der Waals surface area contributed by atoms with E-state index < -0.39 is 0 Å². The molecule has 0 saturated carbocycles. The summed E-state index contributed by atoms with van der Waals surface area (Å²) in [5.41, 5.74) is 0.534. The van der Waals surface area contributed by atoms with Crippen molar-refractivity contribution in [2.45, 2.75) is 32.0 Å². The Morgan fingerprint density at radius 2 is 2.25 bits per heavy atom. The Morgan fingerprint density at radius 3 is 2.90 bits per heavy atom. The largest absolute Gasteiger partial charge is 0.374 e. The Hall–Kier alpha value is -0.680. The quantitative estimate of drug-likeness (QED) is 0.925. The Bertz CT molecular complexity index is 435. The van der Waals surface area contributed by atoms with Crippen molar-refractivity contribution in [3.8, 4) is 0 Å². The molecule has 1 fully saturated rings. The molecule has 0 aromatic heterocycles. The van der Waals surface area contributed by atoms with Gasteiger partial charge in [0.2, 0.25) is 0 Å². The van der Waals surface area contributed by atoms with Crippen LogP contribution < -0.4 is 5.32 Å². The predicted molar refractivity (Wildman–Crippen MR) is 79.7 cm³/mol. The molecule has 0 bridgehead atoms. The molecule has 1 N–H and O–H groups in total. The number of ether oxygens (including phenoxy) is 1. The summed E-state index contributed by atoms with van der Waals surface area (Å²) in [6.45, 7) is 6.27. The van der Waals surface area contributed by atoms with Gasteiger partial charge in [-0.3, -0.25) is 4.90 Å². The van der Waals surface area contributed by atoms with Crippen molar-refractivity contribution in [3.63, 3.8) is 0 Å². The molecule has 1 saturated heterocycles. The highest BCUT2D eigenvalue weighted by molar-refractivity contribution is 6.31. The van der Waals surface area contributed by atoms with Crippen molar-refractivity contribution in [1.82, 2.24) is 10.2 Å². The van der Waals surface area contributed by atoms with Crippen LogP contribution in [0.4, 0.5) is 4.39 Å². The number of benzene rings is 1. The van der Waals surface area contributed by atoms with Crippen molar-refractivity contribution in [3.05, 3.63) is 34.6 Å². The van der Waals surface area contributed by atoms with Gasteiger partial charge in [-0.1, -0.05) is 31.5 Å². The van der Waals surface area contributed by atoms with Gasteiger partial charge in [0.25, 0.3) is 0 Å². The maximum absolute atomic E-state index is 14.2. The minimum atomic E-state index is -0.269. The van der Waals surface area contributed by atoms with Crippen LogP contribution in [0.1, 0.15) is 25.5 Å². The molecule has 1 aliphatic heterocycles. The van der Waals surface area contributed by atoms with Gasteiger partial charge < -0.3 is 10.1 Å². The zero-order chi connectivity index (χ0) is 14.7. The van der Waals surface area contributed by atoms with Gasteiger partial charge in [0.15, 0.2) is 0 Å². The minimum Gasteiger partial charge on any atom is -0.374 e. The van der Waals surface area contributed by atoms with E-state index in [9.17, 15) is 4.39 Å². The average Bonchev–Trinajstić information content (AvgIpc) is 2.38. The molecule has 0 radical (unpaired) electrons. The number of morpholine rings is 1. The number of hydrogen-bond acceptors (Lipinski definition) is 3. The van der Waals surface area contributed by atoms with E-state index in [4.69, 9.17) is 16.3 Å². The first-order valence-corrected chi connectivity index (χ1v) is 7.37. The van der Waals surface area contributed by atoms with Gasteiger partial charge in [0.05, 0.1) is 18.8 Å². The fourth-order valence-electron chi connectivity index (χ4n) is 2.58. The summed E-state index contributed by atoms with van der Waals surface area (Å²) < 4.78 is 20.0. The smallest absolute Gasteiger partial charge is 0.129 e. The van der Waals surface area contributed by atoms with Crippen molar-refractivity contribution in [1.29, 1.82) is 0 Å². The fraction of sp³-hybridized carbons (Fsp3) is 0.600. The molecule has 2 rings (SSSR count). The number of halogens is 2. The lowest BCUT2D eigenvalue weighted by atomic mass is 9.97. The van der Waals surface area contributed by atoms with Gasteiger partial charge in [-0.15, -0.1) is 0 Å². The lowest BCUT2D eigenvalue weighted by Gasteiger charge is -2.40. The molecular formula is C15H22ClFN2O. The number of hydrogen-bond donors (Lipinski definition) is 1. The molecule has 0 amide bonds. The Labute approximate surface area is 125 Å². The molecule has 2 unspecified atom stereocenters. The van der Waals surface area contributed by atoms with Gasteiger partial charge in [0, 0.05) is 29.7 Å². The van der Waals surface area contributed by atoms with E-state index >= 15 is 0 Å². The minimum absolute atomic E-state index is 0.106. The van der Waals surface area contributed by atoms with Crippen molar-refractivity contribution in [2.75, 3.05) is 26.7 Å². The zero-order valence-corrected chi connectivity index (χ0v) is 13.0. The van der Waals surface area contributed by atoms with E-state index in [1.807, 2.05) is 7.05 Å². The van der Waals surface area contributed by atoms with E-state index in [2.05, 4.69) is 24.1 Å². The van der Waals surface area contributed by atoms with E-state index in [1.165, 1.54) is 6.07 Å². The number of likely N-dealkylation sites (N-methyl/N-ethyl adjacent to an activating group) is 1. The summed E-state index contributed by atoms with van der Waals surface area (Å²) in [6.07, 6.45) is -0.106. The topological polar surface area (TPSA) is 24.5 Å². The van der Waals surface area contributed by atoms with E-state index in [0.29, 0.717) is 29.8 Å². The van der Waals surface area contributed by atoms with Gasteiger partial charge in [-0.25, -0.2) is 4.39 Å². The number of nitrogens with zero attached hydrogens (tertiary/aromatic N) is 1. The second-order valence-corrected chi connectivity index (χ2v) is 5.94. The molecule has 1 heterocycles. The summed E-state index contributed by atoms with van der Waals surface area (Å²) in [5, 5.41) is 3.82. The summed E-state index contributed by atoms with van der Waals surface area (Å²) in [6, 6.07) is 5.02. The predicted octanol–water partition coefficient (Wildman–Crippen LogP) is 2.85. The maximum Gasteiger partial charge on any atom is 0.129 e. The van der Waals surface area contributed by atoms with Crippen molar-refractivity contribution < 1.29 is 9.13 Å². The van der Waals surface area contributed by atoms with Gasteiger partial charge in [-0.2, -0.15) is 0 Å². The SMILES string of the molecule is CC(C)NCC1OCCN(C)C1c1c(F)cccc1Cl. The van der Waals surface area contributed by atoms with Crippen LogP contribution in [0.25, 0.3) is 0 Å². The first-order valence-electron chi connectivity index (χ1n) is 7.00. The lowest BCUT2D eigenvalue weighted by molar-refractivity contribution is -0.0629. The van der Waals surface area contributed by atoms with Gasteiger partial charge in [-0.05, 0) is 19.2 Å². The zero-order valence-electron chi connectivity index (χ0n) is 12.2. The Balaban J connectivity index is 2.27. The molecule has 1 aromatic rings. The van der Waals surface area contributed by atoms with Crippen LogP contribution in [0.15, 0.2) is 18.2 Å². The summed E-state index contributed by atoms with van der Waals surface area (Å²) in [4.78, 5) is 2.11. The first-order chi connectivity index (χ1) is 9.50. The van der Waals surface area contributed by atoms with Crippen LogP contribution in [0.5, 0.6) is 0 Å². The van der Waals surface area contributed by atoms with Gasteiger partial charge >= 0.3 is 0 Å². The normalized spacial score (nSPS) is 24.3. The molecule has 2 atom stereocenters. The standard InChI is InChI=1S/C15H22ClFN2O/c1-10(2)18-9-13-15(19(3)7-8-20-13)14-11(16)5-4-6-12(14)17/h4-6,10,13,15,18H,7-9H2,1-3H3. The van der Waals surface area contributed by atoms with E-state index in [1.54, 1.807) is 12.1 Å². The highest BCUT2D eigenvalue weighted by Crippen LogP contribution is 2.34. The Morgan fingerprint density at radius 1 is 1.50 bits per heavy atom.